The molecule has 2 amide bonds. The first-order valence-electron chi connectivity index (χ1n) is 12.7. The Morgan fingerprint density at radius 2 is 1.37 bits per heavy atom. The lowest BCUT2D eigenvalue weighted by Gasteiger charge is -2.49. The maximum absolute atomic E-state index is 13.7. The van der Waals surface area contributed by atoms with Crippen molar-refractivity contribution in [3.63, 3.8) is 0 Å². The van der Waals surface area contributed by atoms with E-state index in [0.717, 1.165) is 48.2 Å². The zero-order chi connectivity index (χ0) is 24.2. The smallest absolute Gasteiger partial charge is 0.251 e. The number of piperidine rings is 2. The number of para-hydroxylation sites is 2. The number of carbonyl (C=O) groups excluding carboxylic acids is 2. The molecule has 5 rings (SSSR count). The number of aryl methyl sites for hydroxylation is 1. The van der Waals surface area contributed by atoms with Gasteiger partial charge in [0.1, 0.15) is 0 Å². The number of amides is 2. The van der Waals surface area contributed by atoms with Crippen LogP contribution in [0.5, 0.6) is 0 Å². The van der Waals surface area contributed by atoms with Gasteiger partial charge in [-0.3, -0.25) is 19.4 Å². The number of rotatable bonds is 6. The Balaban J connectivity index is 1.30. The molecular formula is C30H33N3O2. The molecule has 180 valence electrons. The molecule has 3 aromatic rings. The van der Waals surface area contributed by atoms with Crippen molar-refractivity contribution < 1.29 is 9.59 Å². The van der Waals surface area contributed by atoms with Gasteiger partial charge in [-0.1, -0.05) is 61.0 Å². The molecule has 35 heavy (non-hydrogen) atoms. The third-order valence-electron chi connectivity index (χ3n) is 7.45. The number of benzene rings is 3. The van der Waals surface area contributed by atoms with E-state index in [4.69, 9.17) is 0 Å². The van der Waals surface area contributed by atoms with Crippen molar-refractivity contribution in [2.75, 3.05) is 11.4 Å². The van der Waals surface area contributed by atoms with Gasteiger partial charge in [0.2, 0.25) is 5.91 Å². The van der Waals surface area contributed by atoms with Crippen molar-refractivity contribution >= 4 is 23.2 Å². The average molecular weight is 468 g/mol. The fourth-order valence-electron chi connectivity index (χ4n) is 5.76. The van der Waals surface area contributed by atoms with Gasteiger partial charge in [-0.2, -0.15) is 0 Å². The molecule has 5 heteroatoms. The summed E-state index contributed by atoms with van der Waals surface area (Å²) in [6, 6.07) is 28.2. The lowest BCUT2D eigenvalue weighted by molar-refractivity contribution is -0.121. The van der Waals surface area contributed by atoms with Gasteiger partial charge in [0, 0.05) is 35.1 Å². The van der Waals surface area contributed by atoms with Gasteiger partial charge in [-0.15, -0.1) is 0 Å². The normalized spacial score (nSPS) is 21.8. The molecule has 2 aliphatic heterocycles. The van der Waals surface area contributed by atoms with E-state index in [1.165, 1.54) is 6.42 Å². The summed E-state index contributed by atoms with van der Waals surface area (Å²) in [7, 11) is 0. The molecule has 2 unspecified atom stereocenters. The number of nitrogens with zero attached hydrogens (tertiary/aromatic N) is 2. The topological polar surface area (TPSA) is 52.7 Å². The van der Waals surface area contributed by atoms with Crippen molar-refractivity contribution in [1.29, 1.82) is 0 Å². The first kappa shape index (κ1) is 23.3. The van der Waals surface area contributed by atoms with Crippen LogP contribution in [-0.4, -0.2) is 41.4 Å². The van der Waals surface area contributed by atoms with Gasteiger partial charge in [0.25, 0.3) is 5.91 Å². The van der Waals surface area contributed by atoms with Crippen molar-refractivity contribution in [2.45, 2.75) is 57.2 Å². The van der Waals surface area contributed by atoms with Crippen molar-refractivity contribution in [3.8, 4) is 0 Å². The van der Waals surface area contributed by atoms with Crippen LogP contribution in [-0.2, 0) is 4.79 Å². The standard InChI is InChI=1S/C30H33N3O2/c1-22-11-8-9-18-28(22)30(35)31-23-19-26-16-10-17-27(20-23)32(26)21-29(34)33(24-12-4-2-5-13-24)25-14-6-3-7-15-25/h2-9,11-15,18,23,26-27H,10,16-17,19-21H2,1H3,(H,31,35). The molecular weight excluding hydrogens is 434 g/mol. The molecule has 2 heterocycles. The van der Waals surface area contributed by atoms with Gasteiger partial charge in [0.15, 0.2) is 0 Å². The molecule has 1 N–H and O–H groups in total. The number of anilines is 2. The van der Waals surface area contributed by atoms with Gasteiger partial charge in [-0.05, 0) is 68.5 Å². The van der Waals surface area contributed by atoms with Crippen molar-refractivity contribution in [1.82, 2.24) is 10.2 Å². The van der Waals surface area contributed by atoms with Crippen LogP contribution < -0.4 is 10.2 Å². The lowest BCUT2D eigenvalue weighted by Crippen LogP contribution is -2.59. The molecule has 3 aromatic carbocycles. The van der Waals surface area contributed by atoms with Crippen LogP contribution in [0.15, 0.2) is 84.9 Å². The second-order valence-corrected chi connectivity index (χ2v) is 9.77. The Bertz CT molecular complexity index is 1110. The number of hydrogen-bond acceptors (Lipinski definition) is 3. The molecule has 5 nitrogen and oxygen atoms in total. The Kier molecular flexibility index (Phi) is 6.96. The van der Waals surface area contributed by atoms with Gasteiger partial charge >= 0.3 is 0 Å². The highest BCUT2D eigenvalue weighted by atomic mass is 16.2. The second-order valence-electron chi connectivity index (χ2n) is 9.77. The molecule has 2 fully saturated rings. The lowest BCUT2D eigenvalue weighted by atomic mass is 9.81. The fourth-order valence-corrected chi connectivity index (χ4v) is 5.76. The molecule has 2 saturated heterocycles. The summed E-state index contributed by atoms with van der Waals surface area (Å²) in [4.78, 5) is 30.9. The minimum absolute atomic E-state index is 0.00929. The summed E-state index contributed by atoms with van der Waals surface area (Å²) in [5.74, 6) is 0.0942. The van der Waals surface area contributed by atoms with Crippen LogP contribution in [0.1, 0.15) is 48.0 Å². The molecule has 2 atom stereocenters. The first-order chi connectivity index (χ1) is 17.1. The minimum Gasteiger partial charge on any atom is -0.349 e. The molecule has 2 aliphatic rings. The van der Waals surface area contributed by atoms with Crippen LogP contribution >= 0.6 is 0 Å². The summed E-state index contributed by atoms with van der Waals surface area (Å²) >= 11 is 0. The Hall–Kier alpha value is -3.44. The molecule has 0 aromatic heterocycles. The van der Waals surface area contributed by atoms with Gasteiger partial charge in [0.05, 0.1) is 6.54 Å². The molecule has 0 aliphatic carbocycles. The van der Waals surface area contributed by atoms with E-state index < -0.39 is 0 Å². The molecule has 0 saturated carbocycles. The summed E-state index contributed by atoms with van der Waals surface area (Å²) in [6.07, 6.45) is 5.09. The zero-order valence-corrected chi connectivity index (χ0v) is 20.3. The average Bonchev–Trinajstić information content (AvgIpc) is 2.86. The van der Waals surface area contributed by atoms with Crippen LogP contribution in [0.3, 0.4) is 0 Å². The number of carbonyl (C=O) groups is 2. The largest absolute Gasteiger partial charge is 0.349 e. The quantitative estimate of drug-likeness (QED) is 0.523. The highest BCUT2D eigenvalue weighted by Crippen LogP contribution is 2.35. The second kappa shape index (κ2) is 10.4. The Morgan fingerprint density at radius 1 is 0.829 bits per heavy atom. The van der Waals surface area contributed by atoms with E-state index in [9.17, 15) is 9.59 Å². The minimum atomic E-state index is 0.00929. The van der Waals surface area contributed by atoms with Crippen LogP contribution in [0.4, 0.5) is 11.4 Å². The van der Waals surface area contributed by atoms with E-state index in [1.54, 1.807) is 0 Å². The maximum Gasteiger partial charge on any atom is 0.251 e. The number of nitrogens with one attached hydrogen (secondary N) is 1. The number of hydrogen-bond donors (Lipinski definition) is 1. The predicted octanol–water partition coefficient (Wildman–Crippen LogP) is 5.48. The summed E-state index contributed by atoms with van der Waals surface area (Å²) in [5.41, 5.74) is 3.51. The monoisotopic (exact) mass is 467 g/mol. The summed E-state index contributed by atoms with van der Waals surface area (Å²) < 4.78 is 0. The van der Waals surface area contributed by atoms with Crippen LogP contribution in [0, 0.1) is 6.92 Å². The third kappa shape index (κ3) is 5.15. The Labute approximate surface area is 207 Å². The van der Waals surface area contributed by atoms with Crippen LogP contribution in [0.2, 0.25) is 0 Å². The van der Waals surface area contributed by atoms with E-state index in [1.807, 2.05) is 96.8 Å². The molecule has 0 spiro atoms. The molecule has 0 radical (unpaired) electrons. The Morgan fingerprint density at radius 3 is 1.94 bits per heavy atom. The number of fused-ring (bicyclic) bond motifs is 2. The summed E-state index contributed by atoms with van der Waals surface area (Å²) in [5, 5.41) is 3.29. The molecule has 2 bridgehead atoms. The fraction of sp³-hybridized carbons (Fsp3) is 0.333. The maximum atomic E-state index is 13.7. The van der Waals surface area contributed by atoms with Gasteiger partial charge < -0.3 is 5.32 Å². The van der Waals surface area contributed by atoms with E-state index in [2.05, 4.69) is 10.2 Å². The predicted molar refractivity (Wildman–Crippen MR) is 140 cm³/mol. The third-order valence-corrected chi connectivity index (χ3v) is 7.45. The summed E-state index contributed by atoms with van der Waals surface area (Å²) in [6.45, 7) is 2.36. The van der Waals surface area contributed by atoms with Crippen molar-refractivity contribution in [2.24, 2.45) is 0 Å². The van der Waals surface area contributed by atoms with Gasteiger partial charge in [-0.25, -0.2) is 0 Å². The first-order valence-corrected chi connectivity index (χ1v) is 12.7. The van der Waals surface area contributed by atoms with Crippen molar-refractivity contribution in [3.05, 3.63) is 96.1 Å². The van der Waals surface area contributed by atoms with E-state index in [-0.39, 0.29) is 17.9 Å². The highest BCUT2D eigenvalue weighted by molar-refractivity contribution is 6.01. The van der Waals surface area contributed by atoms with E-state index in [0.29, 0.717) is 18.6 Å². The SMILES string of the molecule is Cc1ccccc1C(=O)NC1CC2CCCC(C1)N2CC(=O)N(c1ccccc1)c1ccccc1. The van der Waals surface area contributed by atoms with E-state index >= 15 is 0 Å². The zero-order valence-electron chi connectivity index (χ0n) is 20.3. The van der Waals surface area contributed by atoms with Crippen LogP contribution in [0.25, 0.3) is 0 Å². The highest BCUT2D eigenvalue weighted by Gasteiger charge is 2.40.